The maximum absolute atomic E-state index is 12.6. The van der Waals surface area contributed by atoms with Crippen molar-refractivity contribution in [3.63, 3.8) is 0 Å². The van der Waals surface area contributed by atoms with Gasteiger partial charge in [-0.2, -0.15) is 0 Å². The fourth-order valence-electron chi connectivity index (χ4n) is 2.80. The van der Waals surface area contributed by atoms with E-state index in [9.17, 15) is 19.5 Å². The van der Waals surface area contributed by atoms with Gasteiger partial charge in [-0.3, -0.25) is 9.59 Å². The van der Waals surface area contributed by atoms with Gasteiger partial charge in [-0.25, -0.2) is 4.79 Å². The van der Waals surface area contributed by atoms with Gasteiger partial charge >= 0.3 is 5.97 Å². The number of amides is 2. The fourth-order valence-corrected chi connectivity index (χ4v) is 2.80. The minimum Gasteiger partial charge on any atom is -0.482 e. The molecule has 0 bridgehead atoms. The summed E-state index contributed by atoms with van der Waals surface area (Å²) in [5.41, 5.74) is 0.879. The van der Waals surface area contributed by atoms with E-state index in [-0.39, 0.29) is 18.4 Å². The summed E-state index contributed by atoms with van der Waals surface area (Å²) in [7, 11) is 0. The molecule has 7 nitrogen and oxygen atoms in total. The third-order valence-corrected chi connectivity index (χ3v) is 3.91. The monoisotopic (exact) mass is 304 g/mol. The summed E-state index contributed by atoms with van der Waals surface area (Å²) in [5, 5.41) is 11.9. The number of carbonyl (C=O) groups is 3. The highest BCUT2D eigenvalue weighted by atomic mass is 16.5. The highest BCUT2D eigenvalue weighted by molar-refractivity contribution is 6.00. The molecule has 1 fully saturated rings. The van der Waals surface area contributed by atoms with E-state index in [2.05, 4.69) is 5.32 Å². The van der Waals surface area contributed by atoms with Gasteiger partial charge in [-0.15, -0.1) is 0 Å². The number of ether oxygens (including phenoxy) is 1. The molecule has 0 saturated carbocycles. The summed E-state index contributed by atoms with van der Waals surface area (Å²) in [6.07, 6.45) is 2.08. The minimum atomic E-state index is -0.977. The zero-order valence-corrected chi connectivity index (χ0v) is 11.9. The number of nitrogens with zero attached hydrogens (tertiary/aromatic N) is 1. The number of carboxylic acid groups (broad SMARTS) is 1. The number of rotatable bonds is 2. The van der Waals surface area contributed by atoms with Crippen molar-refractivity contribution in [2.45, 2.75) is 25.3 Å². The molecule has 1 aromatic carbocycles. The van der Waals surface area contributed by atoms with E-state index in [1.54, 1.807) is 18.2 Å². The van der Waals surface area contributed by atoms with Gasteiger partial charge in [0.1, 0.15) is 11.8 Å². The highest BCUT2D eigenvalue weighted by Crippen LogP contribution is 2.30. The summed E-state index contributed by atoms with van der Waals surface area (Å²) in [5.74, 6) is -1.12. The number of hydrogen-bond acceptors (Lipinski definition) is 4. The molecule has 3 rings (SSSR count). The molecule has 1 unspecified atom stereocenters. The number of aliphatic carboxylic acids is 1. The Labute approximate surface area is 126 Å². The van der Waals surface area contributed by atoms with Crippen molar-refractivity contribution in [2.75, 3.05) is 18.5 Å². The molecule has 116 valence electrons. The van der Waals surface area contributed by atoms with Gasteiger partial charge in [0.2, 0.25) is 0 Å². The van der Waals surface area contributed by atoms with Gasteiger partial charge in [-0.05, 0) is 37.5 Å². The van der Waals surface area contributed by atoms with Gasteiger partial charge in [0.15, 0.2) is 6.61 Å². The number of piperidine rings is 1. The van der Waals surface area contributed by atoms with Crippen LogP contribution in [-0.4, -0.2) is 47.0 Å². The summed E-state index contributed by atoms with van der Waals surface area (Å²) < 4.78 is 5.29. The lowest BCUT2D eigenvalue weighted by Crippen LogP contribution is -2.48. The molecule has 1 aromatic rings. The second-order valence-electron chi connectivity index (χ2n) is 5.40. The molecule has 2 aliphatic rings. The van der Waals surface area contributed by atoms with Crippen LogP contribution in [0.4, 0.5) is 5.69 Å². The van der Waals surface area contributed by atoms with Crippen LogP contribution in [0.5, 0.6) is 5.75 Å². The average Bonchev–Trinajstić information content (AvgIpc) is 2.53. The molecule has 2 N–H and O–H groups in total. The second kappa shape index (κ2) is 5.67. The topological polar surface area (TPSA) is 95.9 Å². The van der Waals surface area contributed by atoms with Gasteiger partial charge in [-0.1, -0.05) is 0 Å². The number of benzene rings is 1. The maximum atomic E-state index is 12.6. The van der Waals surface area contributed by atoms with Crippen molar-refractivity contribution in [3.05, 3.63) is 23.8 Å². The smallest absolute Gasteiger partial charge is 0.326 e. The van der Waals surface area contributed by atoms with Gasteiger partial charge in [0.25, 0.3) is 11.8 Å². The van der Waals surface area contributed by atoms with E-state index in [1.165, 1.54) is 4.90 Å². The largest absolute Gasteiger partial charge is 0.482 e. The Hall–Kier alpha value is -2.57. The lowest BCUT2D eigenvalue weighted by molar-refractivity contribution is -0.143. The Balaban J connectivity index is 1.85. The molecule has 2 heterocycles. The first kappa shape index (κ1) is 14.4. The first-order valence-electron chi connectivity index (χ1n) is 7.17. The zero-order valence-electron chi connectivity index (χ0n) is 11.9. The van der Waals surface area contributed by atoms with Gasteiger partial charge < -0.3 is 20.1 Å². The van der Waals surface area contributed by atoms with Crippen LogP contribution in [0.3, 0.4) is 0 Å². The molecule has 2 aliphatic heterocycles. The van der Waals surface area contributed by atoms with Crippen LogP contribution in [-0.2, 0) is 9.59 Å². The van der Waals surface area contributed by atoms with Crippen LogP contribution >= 0.6 is 0 Å². The van der Waals surface area contributed by atoms with Crippen molar-refractivity contribution in [1.82, 2.24) is 4.90 Å². The molecule has 1 saturated heterocycles. The molecule has 0 spiro atoms. The SMILES string of the molecule is O=C1COc2cc(C(=O)N3CCCCC3C(=O)O)ccc2N1. The van der Waals surface area contributed by atoms with Crippen molar-refractivity contribution in [2.24, 2.45) is 0 Å². The van der Waals surface area contributed by atoms with Crippen molar-refractivity contribution in [3.8, 4) is 5.75 Å². The average molecular weight is 304 g/mol. The van der Waals surface area contributed by atoms with E-state index in [0.29, 0.717) is 30.0 Å². The Bertz CT molecular complexity index is 643. The third kappa shape index (κ3) is 2.61. The van der Waals surface area contributed by atoms with E-state index in [4.69, 9.17) is 4.74 Å². The van der Waals surface area contributed by atoms with Crippen molar-refractivity contribution >= 4 is 23.5 Å². The molecule has 22 heavy (non-hydrogen) atoms. The minimum absolute atomic E-state index is 0.0912. The number of likely N-dealkylation sites (tertiary alicyclic amines) is 1. The zero-order chi connectivity index (χ0) is 15.7. The molecule has 0 radical (unpaired) electrons. The first-order valence-corrected chi connectivity index (χ1v) is 7.17. The van der Waals surface area contributed by atoms with Crippen LogP contribution in [0.25, 0.3) is 0 Å². The predicted molar refractivity (Wildman–Crippen MR) is 76.9 cm³/mol. The fraction of sp³-hybridized carbons (Fsp3) is 0.400. The summed E-state index contributed by atoms with van der Waals surface area (Å²) in [6, 6.07) is 3.94. The Morgan fingerprint density at radius 3 is 2.91 bits per heavy atom. The van der Waals surface area contributed by atoms with E-state index in [0.717, 1.165) is 12.8 Å². The number of anilines is 1. The number of carboxylic acids is 1. The standard InChI is InChI=1S/C15H16N2O5/c18-13-8-22-12-7-9(4-5-10(12)16-13)14(19)17-6-2-1-3-11(17)15(20)21/h4-5,7,11H,1-3,6,8H2,(H,16,18)(H,20,21). The summed E-state index contributed by atoms with van der Waals surface area (Å²) in [6.45, 7) is 0.344. The Morgan fingerprint density at radius 2 is 2.14 bits per heavy atom. The Morgan fingerprint density at radius 1 is 1.32 bits per heavy atom. The number of carbonyl (C=O) groups excluding carboxylic acids is 2. The van der Waals surface area contributed by atoms with E-state index in [1.807, 2.05) is 0 Å². The highest BCUT2D eigenvalue weighted by Gasteiger charge is 2.32. The Kier molecular flexibility index (Phi) is 3.70. The van der Waals surface area contributed by atoms with Gasteiger partial charge in [0.05, 0.1) is 5.69 Å². The summed E-state index contributed by atoms with van der Waals surface area (Å²) in [4.78, 5) is 36.5. The van der Waals surface area contributed by atoms with Crippen LogP contribution in [0.15, 0.2) is 18.2 Å². The first-order chi connectivity index (χ1) is 10.6. The van der Waals surface area contributed by atoms with Gasteiger partial charge in [0, 0.05) is 12.1 Å². The molecule has 0 aliphatic carbocycles. The molecular formula is C15H16N2O5. The van der Waals surface area contributed by atoms with Crippen LogP contribution in [0.2, 0.25) is 0 Å². The van der Waals surface area contributed by atoms with Crippen LogP contribution in [0.1, 0.15) is 29.6 Å². The van der Waals surface area contributed by atoms with Crippen molar-refractivity contribution < 1.29 is 24.2 Å². The second-order valence-corrected chi connectivity index (χ2v) is 5.40. The number of hydrogen-bond donors (Lipinski definition) is 2. The van der Waals surface area contributed by atoms with Crippen LogP contribution < -0.4 is 10.1 Å². The molecule has 1 atom stereocenters. The molecule has 0 aromatic heterocycles. The third-order valence-electron chi connectivity index (χ3n) is 3.91. The number of nitrogens with one attached hydrogen (secondary N) is 1. The van der Waals surface area contributed by atoms with Crippen LogP contribution in [0, 0.1) is 0 Å². The molecular weight excluding hydrogens is 288 g/mol. The lowest BCUT2D eigenvalue weighted by Gasteiger charge is -2.33. The predicted octanol–water partition coefficient (Wildman–Crippen LogP) is 1.10. The summed E-state index contributed by atoms with van der Waals surface area (Å²) >= 11 is 0. The normalized spacial score (nSPS) is 20.6. The molecule has 7 heteroatoms. The molecule has 2 amide bonds. The van der Waals surface area contributed by atoms with E-state index >= 15 is 0 Å². The maximum Gasteiger partial charge on any atom is 0.326 e. The quantitative estimate of drug-likeness (QED) is 0.853. The lowest BCUT2D eigenvalue weighted by atomic mass is 10.0. The van der Waals surface area contributed by atoms with Crippen molar-refractivity contribution in [1.29, 1.82) is 0 Å². The number of fused-ring (bicyclic) bond motifs is 1. The van der Waals surface area contributed by atoms with E-state index < -0.39 is 12.0 Å².